The van der Waals surface area contributed by atoms with Crippen molar-refractivity contribution in [1.82, 2.24) is 14.4 Å². The standard InChI is InChI=1S/C25H25ClN4O2/c1-24(31)13-16(14-24)23-29-20(21-22(27)28-10-11-30(21)23)15-8-9-18(19(26)12-15)25(2,32)17-6-4-3-5-7-17/h3-12,16,31-32H,13-14H2,1-2H3,(H2,27,28). The van der Waals surface area contributed by atoms with Crippen molar-refractivity contribution in [3.05, 3.63) is 82.9 Å². The highest BCUT2D eigenvalue weighted by atomic mass is 35.5. The van der Waals surface area contributed by atoms with Crippen LogP contribution in [0.25, 0.3) is 16.8 Å². The SMILES string of the molecule is CC1(O)CC(c2nc(-c3ccc(C(C)(O)c4ccccc4)c(Cl)c3)c3c(N)nccn23)C1. The summed E-state index contributed by atoms with van der Waals surface area (Å²) in [5.41, 5.74) is 7.90. The van der Waals surface area contributed by atoms with E-state index in [9.17, 15) is 10.2 Å². The predicted octanol–water partition coefficient (Wildman–Crippen LogP) is 4.52. The lowest BCUT2D eigenvalue weighted by Crippen LogP contribution is -2.40. The monoisotopic (exact) mass is 448 g/mol. The number of aliphatic hydroxyl groups is 2. The first-order valence-corrected chi connectivity index (χ1v) is 11.0. The molecule has 4 aromatic rings. The second-order valence-corrected chi connectivity index (χ2v) is 9.49. The van der Waals surface area contributed by atoms with E-state index in [4.69, 9.17) is 22.3 Å². The van der Waals surface area contributed by atoms with Gasteiger partial charge in [-0.25, -0.2) is 9.97 Å². The Labute approximate surface area is 191 Å². The van der Waals surface area contributed by atoms with Crippen molar-refractivity contribution in [2.24, 2.45) is 0 Å². The number of nitrogen functional groups attached to an aromatic ring is 1. The molecule has 32 heavy (non-hydrogen) atoms. The molecule has 0 saturated heterocycles. The molecule has 7 heteroatoms. The molecule has 5 rings (SSSR count). The van der Waals surface area contributed by atoms with Crippen LogP contribution in [0.5, 0.6) is 0 Å². The van der Waals surface area contributed by atoms with Crippen LogP contribution in [-0.4, -0.2) is 30.2 Å². The van der Waals surface area contributed by atoms with Crippen LogP contribution >= 0.6 is 11.6 Å². The number of nitrogens with zero attached hydrogens (tertiary/aromatic N) is 3. The molecular formula is C25H25ClN4O2. The first-order valence-electron chi connectivity index (χ1n) is 10.6. The van der Waals surface area contributed by atoms with Gasteiger partial charge in [0.15, 0.2) is 0 Å². The summed E-state index contributed by atoms with van der Waals surface area (Å²) in [5.74, 6) is 1.37. The molecule has 6 nitrogen and oxygen atoms in total. The van der Waals surface area contributed by atoms with Crippen LogP contribution in [0.1, 0.15) is 49.6 Å². The summed E-state index contributed by atoms with van der Waals surface area (Å²) in [7, 11) is 0. The van der Waals surface area contributed by atoms with Gasteiger partial charge in [0.2, 0.25) is 0 Å². The first-order chi connectivity index (χ1) is 15.2. The zero-order valence-electron chi connectivity index (χ0n) is 18.0. The topological polar surface area (TPSA) is 96.7 Å². The van der Waals surface area contributed by atoms with Crippen molar-refractivity contribution in [2.45, 2.75) is 43.8 Å². The molecule has 4 N–H and O–H groups in total. The molecule has 164 valence electrons. The van der Waals surface area contributed by atoms with Crippen LogP contribution in [0, 0.1) is 0 Å². The highest BCUT2D eigenvalue weighted by molar-refractivity contribution is 6.31. The van der Waals surface area contributed by atoms with E-state index in [1.54, 1.807) is 13.1 Å². The third kappa shape index (κ3) is 3.35. The average molecular weight is 449 g/mol. The quantitative estimate of drug-likeness (QED) is 0.426. The summed E-state index contributed by atoms with van der Waals surface area (Å²) in [4.78, 5) is 9.16. The number of halogens is 1. The molecule has 2 heterocycles. The third-order valence-corrected chi connectivity index (χ3v) is 6.76. The summed E-state index contributed by atoms with van der Waals surface area (Å²) in [6.45, 7) is 3.57. The number of hydrogen-bond donors (Lipinski definition) is 3. The fourth-order valence-electron chi connectivity index (χ4n) is 4.74. The molecule has 1 fully saturated rings. The maximum absolute atomic E-state index is 11.2. The van der Waals surface area contributed by atoms with Crippen LogP contribution in [0.3, 0.4) is 0 Å². The lowest BCUT2D eigenvalue weighted by Gasteiger charge is -2.40. The maximum atomic E-state index is 11.2. The number of nitrogens with two attached hydrogens (primary N) is 1. The Morgan fingerprint density at radius 3 is 2.56 bits per heavy atom. The summed E-state index contributed by atoms with van der Waals surface area (Å²) >= 11 is 6.68. The molecule has 1 unspecified atom stereocenters. The molecule has 2 aromatic heterocycles. The fourth-order valence-corrected chi connectivity index (χ4v) is 5.10. The van der Waals surface area contributed by atoms with Crippen molar-refractivity contribution in [3.63, 3.8) is 0 Å². The van der Waals surface area contributed by atoms with E-state index in [-0.39, 0.29) is 5.92 Å². The number of rotatable bonds is 4. The maximum Gasteiger partial charge on any atom is 0.150 e. The second kappa shape index (κ2) is 7.30. The molecule has 0 amide bonds. The van der Waals surface area contributed by atoms with Gasteiger partial charge in [0, 0.05) is 34.5 Å². The lowest BCUT2D eigenvalue weighted by molar-refractivity contribution is -0.0335. The summed E-state index contributed by atoms with van der Waals surface area (Å²) in [6, 6.07) is 15.0. The number of hydrogen-bond acceptors (Lipinski definition) is 5. The van der Waals surface area contributed by atoms with E-state index in [2.05, 4.69) is 4.98 Å². The van der Waals surface area contributed by atoms with Crippen molar-refractivity contribution < 1.29 is 10.2 Å². The summed E-state index contributed by atoms with van der Waals surface area (Å²) < 4.78 is 1.96. The van der Waals surface area contributed by atoms with Crippen LogP contribution in [0.15, 0.2) is 60.9 Å². The van der Waals surface area contributed by atoms with Gasteiger partial charge in [0.05, 0.1) is 5.60 Å². The van der Waals surface area contributed by atoms with Crippen LogP contribution < -0.4 is 5.73 Å². The molecule has 1 saturated carbocycles. The highest BCUT2D eigenvalue weighted by Gasteiger charge is 2.41. The van der Waals surface area contributed by atoms with Gasteiger partial charge >= 0.3 is 0 Å². The Kier molecular flexibility index (Phi) is 4.78. The van der Waals surface area contributed by atoms with Gasteiger partial charge in [-0.15, -0.1) is 0 Å². The highest BCUT2D eigenvalue weighted by Crippen LogP contribution is 2.45. The van der Waals surface area contributed by atoms with Crippen LogP contribution in [0.2, 0.25) is 5.02 Å². The van der Waals surface area contributed by atoms with E-state index < -0.39 is 11.2 Å². The van der Waals surface area contributed by atoms with Crippen LogP contribution in [0.4, 0.5) is 5.82 Å². The molecule has 2 aromatic carbocycles. The van der Waals surface area contributed by atoms with Gasteiger partial charge in [0.25, 0.3) is 0 Å². The average Bonchev–Trinajstić information content (AvgIpc) is 3.13. The number of benzene rings is 2. The molecule has 0 bridgehead atoms. The van der Waals surface area contributed by atoms with Gasteiger partial charge in [-0.2, -0.15) is 0 Å². The largest absolute Gasteiger partial charge is 0.390 e. The molecule has 0 spiro atoms. The number of aromatic nitrogens is 3. The Morgan fingerprint density at radius 1 is 1.19 bits per heavy atom. The fraction of sp³-hybridized carbons (Fsp3) is 0.280. The normalized spacial score (nSPS) is 22.5. The van der Waals surface area contributed by atoms with E-state index in [1.807, 2.05) is 66.1 Å². The minimum absolute atomic E-state index is 0.140. The lowest BCUT2D eigenvalue weighted by atomic mass is 9.72. The van der Waals surface area contributed by atoms with Crippen molar-refractivity contribution in [3.8, 4) is 11.3 Å². The van der Waals surface area contributed by atoms with E-state index in [0.29, 0.717) is 40.5 Å². The van der Waals surface area contributed by atoms with E-state index >= 15 is 0 Å². The Bertz CT molecular complexity index is 1310. The molecule has 0 aliphatic heterocycles. The van der Waals surface area contributed by atoms with Gasteiger partial charge in [-0.05, 0) is 38.3 Å². The number of imidazole rings is 1. The number of anilines is 1. The minimum atomic E-state index is -1.24. The zero-order valence-corrected chi connectivity index (χ0v) is 18.7. The molecule has 0 radical (unpaired) electrons. The molecule has 1 aliphatic carbocycles. The van der Waals surface area contributed by atoms with Gasteiger partial charge in [-0.1, -0.05) is 54.1 Å². The first kappa shape index (κ1) is 20.9. The van der Waals surface area contributed by atoms with E-state index in [1.165, 1.54) is 0 Å². The van der Waals surface area contributed by atoms with Crippen molar-refractivity contribution >= 4 is 22.9 Å². The molecular weight excluding hydrogens is 424 g/mol. The van der Waals surface area contributed by atoms with E-state index in [0.717, 1.165) is 17.0 Å². The third-order valence-electron chi connectivity index (χ3n) is 6.45. The van der Waals surface area contributed by atoms with Crippen LogP contribution in [-0.2, 0) is 5.60 Å². The molecule has 1 atom stereocenters. The minimum Gasteiger partial charge on any atom is -0.390 e. The Hall–Kier alpha value is -2.93. The summed E-state index contributed by atoms with van der Waals surface area (Å²) in [5, 5.41) is 21.9. The van der Waals surface area contributed by atoms with Gasteiger partial charge in [-0.3, -0.25) is 4.40 Å². The van der Waals surface area contributed by atoms with Crippen molar-refractivity contribution in [1.29, 1.82) is 0 Å². The van der Waals surface area contributed by atoms with Gasteiger partial charge in [0.1, 0.15) is 28.5 Å². The summed E-state index contributed by atoms with van der Waals surface area (Å²) in [6.07, 6.45) is 4.79. The second-order valence-electron chi connectivity index (χ2n) is 9.08. The Morgan fingerprint density at radius 2 is 1.91 bits per heavy atom. The zero-order chi connectivity index (χ0) is 22.7. The Balaban J connectivity index is 1.60. The van der Waals surface area contributed by atoms with Gasteiger partial charge < -0.3 is 15.9 Å². The number of fused-ring (bicyclic) bond motifs is 1. The molecule has 1 aliphatic rings. The predicted molar refractivity (Wildman–Crippen MR) is 126 cm³/mol. The smallest absolute Gasteiger partial charge is 0.150 e. The van der Waals surface area contributed by atoms with Crippen molar-refractivity contribution in [2.75, 3.05) is 5.73 Å².